The molecule has 19 heavy (non-hydrogen) atoms. The number of nitrogens with one attached hydrogen (secondary N) is 2. The van der Waals surface area contributed by atoms with Crippen molar-refractivity contribution in [3.05, 3.63) is 24.3 Å². The summed E-state index contributed by atoms with van der Waals surface area (Å²) in [6.45, 7) is 2.56. The fourth-order valence-corrected chi connectivity index (χ4v) is 1.75. The second kappa shape index (κ2) is 8.37. The molecule has 0 aliphatic heterocycles. The minimum atomic E-state index is -0.236. The van der Waals surface area contributed by atoms with Gasteiger partial charge in [0.05, 0.1) is 7.11 Å². The second-order valence-electron chi connectivity index (χ2n) is 4.41. The van der Waals surface area contributed by atoms with Crippen molar-refractivity contribution in [1.29, 1.82) is 0 Å². The summed E-state index contributed by atoms with van der Waals surface area (Å²) in [6.07, 6.45) is 3.05. The van der Waals surface area contributed by atoms with Crippen molar-refractivity contribution in [2.45, 2.75) is 32.2 Å². The van der Waals surface area contributed by atoms with Gasteiger partial charge >= 0.3 is 6.03 Å². The highest BCUT2D eigenvalue weighted by atomic mass is 16.5. The summed E-state index contributed by atoms with van der Waals surface area (Å²) in [5.41, 5.74) is 6.34. The molecule has 1 rings (SSSR count). The molecule has 106 valence electrons. The minimum Gasteiger partial charge on any atom is -0.497 e. The molecule has 0 saturated carbocycles. The van der Waals surface area contributed by atoms with Crippen LogP contribution in [0, 0.1) is 0 Å². The third-order valence-corrected chi connectivity index (χ3v) is 2.85. The Labute approximate surface area is 114 Å². The number of unbranched alkanes of at least 4 members (excludes halogenated alkanes) is 1. The highest BCUT2D eigenvalue weighted by Crippen LogP contribution is 2.16. The molecule has 0 aliphatic rings. The third kappa shape index (κ3) is 5.61. The van der Waals surface area contributed by atoms with Crippen molar-refractivity contribution in [2.75, 3.05) is 19.0 Å². The summed E-state index contributed by atoms with van der Waals surface area (Å²) in [5, 5.41) is 5.64. The van der Waals surface area contributed by atoms with Gasteiger partial charge in [-0.15, -0.1) is 0 Å². The molecule has 0 saturated heterocycles. The Morgan fingerprint density at radius 2 is 2.26 bits per heavy atom. The first-order valence-electron chi connectivity index (χ1n) is 6.61. The van der Waals surface area contributed by atoms with Crippen LogP contribution in [0.2, 0.25) is 0 Å². The van der Waals surface area contributed by atoms with E-state index in [-0.39, 0.29) is 12.1 Å². The first-order chi connectivity index (χ1) is 9.19. The predicted octanol–water partition coefficient (Wildman–Crippen LogP) is 2.33. The van der Waals surface area contributed by atoms with E-state index in [2.05, 4.69) is 17.6 Å². The van der Waals surface area contributed by atoms with E-state index >= 15 is 0 Å². The van der Waals surface area contributed by atoms with Crippen LogP contribution in [-0.4, -0.2) is 25.7 Å². The monoisotopic (exact) mass is 265 g/mol. The van der Waals surface area contributed by atoms with Gasteiger partial charge in [0, 0.05) is 24.3 Å². The van der Waals surface area contributed by atoms with Crippen LogP contribution in [0.3, 0.4) is 0 Å². The average molecular weight is 265 g/mol. The molecule has 1 aromatic carbocycles. The fourth-order valence-electron chi connectivity index (χ4n) is 1.75. The van der Waals surface area contributed by atoms with Gasteiger partial charge in [-0.25, -0.2) is 4.79 Å². The number of methoxy groups -OCH3 is 1. The normalized spacial score (nSPS) is 11.7. The first kappa shape index (κ1) is 15.3. The topological polar surface area (TPSA) is 76.4 Å². The molecule has 2 amide bonds. The highest BCUT2D eigenvalue weighted by molar-refractivity contribution is 5.89. The average Bonchev–Trinajstić information content (AvgIpc) is 2.43. The standard InChI is InChI=1S/C14H23N3O2/c1-3-4-6-12(10-15)17-14(18)16-11-7-5-8-13(9-11)19-2/h5,7-9,12H,3-4,6,10,15H2,1-2H3,(H2,16,17,18). The molecule has 0 fully saturated rings. The van der Waals surface area contributed by atoms with Gasteiger partial charge in [-0.1, -0.05) is 25.8 Å². The molecular formula is C14H23N3O2. The summed E-state index contributed by atoms with van der Waals surface area (Å²) in [4.78, 5) is 11.8. The summed E-state index contributed by atoms with van der Waals surface area (Å²) in [7, 11) is 1.59. The molecule has 5 nitrogen and oxygen atoms in total. The molecule has 0 bridgehead atoms. The van der Waals surface area contributed by atoms with E-state index in [1.54, 1.807) is 13.2 Å². The Morgan fingerprint density at radius 3 is 2.89 bits per heavy atom. The Kier molecular flexibility index (Phi) is 6.74. The lowest BCUT2D eigenvalue weighted by Crippen LogP contribution is -2.42. The van der Waals surface area contributed by atoms with E-state index in [0.29, 0.717) is 18.0 Å². The number of urea groups is 1. The van der Waals surface area contributed by atoms with Crippen LogP contribution < -0.4 is 21.1 Å². The molecule has 1 aromatic rings. The van der Waals surface area contributed by atoms with Crippen molar-refractivity contribution in [3.63, 3.8) is 0 Å². The van der Waals surface area contributed by atoms with Crippen LogP contribution in [0.15, 0.2) is 24.3 Å². The van der Waals surface area contributed by atoms with Crippen LogP contribution in [0.1, 0.15) is 26.2 Å². The molecule has 0 aromatic heterocycles. The number of anilines is 1. The molecule has 4 N–H and O–H groups in total. The molecule has 0 radical (unpaired) electrons. The van der Waals surface area contributed by atoms with E-state index in [0.717, 1.165) is 19.3 Å². The SMILES string of the molecule is CCCCC(CN)NC(=O)Nc1cccc(OC)c1. The fraction of sp³-hybridized carbons (Fsp3) is 0.500. The maximum absolute atomic E-state index is 11.8. The van der Waals surface area contributed by atoms with E-state index in [1.807, 2.05) is 18.2 Å². The van der Waals surface area contributed by atoms with Gasteiger partial charge in [0.1, 0.15) is 5.75 Å². The van der Waals surface area contributed by atoms with E-state index < -0.39 is 0 Å². The highest BCUT2D eigenvalue weighted by Gasteiger charge is 2.10. The van der Waals surface area contributed by atoms with Crippen LogP contribution in [0.4, 0.5) is 10.5 Å². The molecule has 0 aliphatic carbocycles. The van der Waals surface area contributed by atoms with Crippen LogP contribution in [0.5, 0.6) is 5.75 Å². The molecule has 0 heterocycles. The number of benzene rings is 1. The number of rotatable bonds is 7. The number of ether oxygens (including phenoxy) is 1. The lowest BCUT2D eigenvalue weighted by molar-refractivity contribution is 0.247. The third-order valence-electron chi connectivity index (χ3n) is 2.85. The Balaban J connectivity index is 2.49. The largest absolute Gasteiger partial charge is 0.497 e. The zero-order valence-electron chi connectivity index (χ0n) is 11.6. The predicted molar refractivity (Wildman–Crippen MR) is 77.5 cm³/mol. The van der Waals surface area contributed by atoms with E-state index in [9.17, 15) is 4.79 Å². The van der Waals surface area contributed by atoms with Gasteiger partial charge < -0.3 is 21.1 Å². The second-order valence-corrected chi connectivity index (χ2v) is 4.41. The Hall–Kier alpha value is -1.75. The zero-order chi connectivity index (χ0) is 14.1. The Morgan fingerprint density at radius 1 is 1.47 bits per heavy atom. The van der Waals surface area contributed by atoms with Crippen molar-refractivity contribution in [1.82, 2.24) is 5.32 Å². The van der Waals surface area contributed by atoms with Gasteiger partial charge in [-0.05, 0) is 18.6 Å². The summed E-state index contributed by atoms with van der Waals surface area (Å²) in [6, 6.07) is 7.01. The molecule has 0 spiro atoms. The van der Waals surface area contributed by atoms with Gasteiger partial charge in [-0.2, -0.15) is 0 Å². The molecule has 1 atom stereocenters. The number of amides is 2. The first-order valence-corrected chi connectivity index (χ1v) is 6.61. The lowest BCUT2D eigenvalue weighted by Gasteiger charge is -2.17. The minimum absolute atomic E-state index is 0.0190. The molecule has 5 heteroatoms. The quantitative estimate of drug-likeness (QED) is 0.708. The van der Waals surface area contributed by atoms with Crippen LogP contribution in [0.25, 0.3) is 0 Å². The summed E-state index contributed by atoms with van der Waals surface area (Å²) >= 11 is 0. The number of nitrogens with two attached hydrogens (primary N) is 1. The van der Waals surface area contributed by atoms with Crippen LogP contribution >= 0.6 is 0 Å². The van der Waals surface area contributed by atoms with E-state index in [4.69, 9.17) is 10.5 Å². The lowest BCUT2D eigenvalue weighted by atomic mass is 10.1. The number of hydrogen-bond acceptors (Lipinski definition) is 3. The molecular weight excluding hydrogens is 242 g/mol. The van der Waals surface area contributed by atoms with Gasteiger partial charge in [0.2, 0.25) is 0 Å². The van der Waals surface area contributed by atoms with Gasteiger partial charge in [0.25, 0.3) is 0 Å². The maximum Gasteiger partial charge on any atom is 0.319 e. The van der Waals surface area contributed by atoms with Crippen molar-refractivity contribution < 1.29 is 9.53 Å². The van der Waals surface area contributed by atoms with Crippen LogP contribution in [-0.2, 0) is 0 Å². The van der Waals surface area contributed by atoms with E-state index in [1.165, 1.54) is 0 Å². The van der Waals surface area contributed by atoms with Crippen molar-refractivity contribution in [3.8, 4) is 5.75 Å². The molecule has 1 unspecified atom stereocenters. The van der Waals surface area contributed by atoms with Gasteiger partial charge in [-0.3, -0.25) is 0 Å². The van der Waals surface area contributed by atoms with Crippen molar-refractivity contribution >= 4 is 11.7 Å². The Bertz CT molecular complexity index is 396. The number of carbonyl (C=O) groups is 1. The van der Waals surface area contributed by atoms with Crippen molar-refractivity contribution in [2.24, 2.45) is 5.73 Å². The zero-order valence-corrected chi connectivity index (χ0v) is 11.6. The van der Waals surface area contributed by atoms with Gasteiger partial charge in [0.15, 0.2) is 0 Å². The summed E-state index contributed by atoms with van der Waals surface area (Å²) < 4.78 is 5.10. The number of hydrogen-bond donors (Lipinski definition) is 3. The maximum atomic E-state index is 11.8. The summed E-state index contributed by atoms with van der Waals surface area (Å²) in [5.74, 6) is 0.708. The smallest absolute Gasteiger partial charge is 0.319 e. The number of carbonyl (C=O) groups excluding carboxylic acids is 1.